The van der Waals surface area contributed by atoms with Crippen LogP contribution < -0.4 is 26.4 Å². The summed E-state index contributed by atoms with van der Waals surface area (Å²) in [5.74, 6) is 0.680. The molecule has 1 atom stereocenters. The summed E-state index contributed by atoms with van der Waals surface area (Å²) in [6.07, 6.45) is 1.54. The maximum Gasteiger partial charge on any atom is 0.354 e. The fourth-order valence-corrected chi connectivity index (χ4v) is 5.68. The molecule has 0 amide bonds. The smallest absolute Gasteiger partial charge is 0.354 e. The molecule has 2 aliphatic heterocycles. The van der Waals surface area contributed by atoms with E-state index in [2.05, 4.69) is 25.2 Å². The highest BCUT2D eigenvalue weighted by molar-refractivity contribution is 6.00. The maximum atomic E-state index is 15.2. The lowest BCUT2D eigenvalue weighted by molar-refractivity contribution is 0.274. The van der Waals surface area contributed by atoms with Crippen LogP contribution in [0.3, 0.4) is 0 Å². The largest absolute Gasteiger partial charge is 0.491 e. The molecule has 1 fully saturated rings. The molecule has 0 unspecified atom stereocenters. The molecule has 2 aromatic heterocycles. The SMILES string of the molecule is CC(C)c1ncnc(C(C)C)c1-n1c(=O)nc2c3c(cc(-c4c(N)cccc4F)cc31)OC[C@@H]1CNCCN21. The molecule has 2 aromatic carbocycles. The summed E-state index contributed by atoms with van der Waals surface area (Å²) >= 11 is 0. The van der Waals surface area contributed by atoms with E-state index in [-0.39, 0.29) is 23.4 Å². The standard InChI is InChI=1S/C29H32FN7O2/c1-15(2)25-27(26(16(3)4)34-14-33-25)37-21-10-17(23-19(30)6-5-7-20(23)31)11-22-24(21)28(35-29(37)38)36-9-8-32-12-18(36)13-39-22/h5-7,10-11,14-16,18,32H,8-9,12-13,31H2,1-4H3/t18-/m0/s1. The molecule has 0 aliphatic carbocycles. The molecule has 6 rings (SSSR count). The Morgan fingerprint density at radius 2 is 1.87 bits per heavy atom. The van der Waals surface area contributed by atoms with E-state index in [4.69, 9.17) is 10.5 Å². The van der Waals surface area contributed by atoms with Crippen molar-refractivity contribution in [3.05, 3.63) is 64.3 Å². The highest BCUT2D eigenvalue weighted by Gasteiger charge is 2.33. The summed E-state index contributed by atoms with van der Waals surface area (Å²) in [5, 5.41) is 4.10. The Balaban J connectivity index is 1.78. The first-order valence-electron chi connectivity index (χ1n) is 13.4. The first kappa shape index (κ1) is 25.2. The van der Waals surface area contributed by atoms with E-state index in [1.165, 1.54) is 6.07 Å². The number of aromatic nitrogens is 4. The van der Waals surface area contributed by atoms with Crippen LogP contribution in [0.2, 0.25) is 0 Å². The number of benzene rings is 2. The lowest BCUT2D eigenvalue weighted by Gasteiger charge is -2.35. The van der Waals surface area contributed by atoms with Crippen LogP contribution in [-0.4, -0.2) is 51.8 Å². The number of nitrogens with zero attached hydrogens (tertiary/aromatic N) is 5. The van der Waals surface area contributed by atoms with Gasteiger partial charge in [-0.1, -0.05) is 33.8 Å². The van der Waals surface area contributed by atoms with Crippen molar-refractivity contribution in [3.63, 3.8) is 0 Å². The molecule has 0 spiro atoms. The summed E-state index contributed by atoms with van der Waals surface area (Å²) in [5.41, 5.74) is 9.54. The van der Waals surface area contributed by atoms with Gasteiger partial charge in [0.2, 0.25) is 0 Å². The van der Waals surface area contributed by atoms with Crippen LogP contribution in [0.25, 0.3) is 27.7 Å². The van der Waals surface area contributed by atoms with E-state index in [1.807, 2.05) is 33.8 Å². The van der Waals surface area contributed by atoms with E-state index >= 15 is 4.39 Å². The zero-order chi connectivity index (χ0) is 27.4. The highest BCUT2D eigenvalue weighted by atomic mass is 19.1. The highest BCUT2D eigenvalue weighted by Crippen LogP contribution is 2.42. The topological polar surface area (TPSA) is 111 Å². The second-order valence-corrected chi connectivity index (χ2v) is 10.8. The van der Waals surface area contributed by atoms with Crippen molar-refractivity contribution in [2.75, 3.05) is 36.9 Å². The number of anilines is 2. The van der Waals surface area contributed by atoms with Crippen molar-refractivity contribution in [1.82, 2.24) is 24.8 Å². The molecule has 1 saturated heterocycles. The van der Waals surface area contributed by atoms with Gasteiger partial charge in [0.15, 0.2) is 0 Å². The molecule has 0 bridgehead atoms. The van der Waals surface area contributed by atoms with Gasteiger partial charge >= 0.3 is 5.69 Å². The third-order valence-electron chi connectivity index (χ3n) is 7.52. The number of fused-ring (bicyclic) bond motifs is 2. The number of piperazine rings is 1. The number of nitrogen functional groups attached to an aromatic ring is 1. The molecule has 202 valence electrons. The van der Waals surface area contributed by atoms with Crippen molar-refractivity contribution < 1.29 is 9.13 Å². The molecule has 0 radical (unpaired) electrons. The minimum Gasteiger partial charge on any atom is -0.491 e. The monoisotopic (exact) mass is 529 g/mol. The molecule has 9 nitrogen and oxygen atoms in total. The molecule has 10 heteroatoms. The lowest BCUT2D eigenvalue weighted by Crippen LogP contribution is -2.54. The van der Waals surface area contributed by atoms with Crippen molar-refractivity contribution in [2.45, 2.75) is 45.6 Å². The van der Waals surface area contributed by atoms with E-state index in [0.717, 1.165) is 17.9 Å². The third-order valence-corrected chi connectivity index (χ3v) is 7.52. The molecule has 0 saturated carbocycles. The first-order chi connectivity index (χ1) is 18.8. The number of nitrogens with one attached hydrogen (secondary N) is 1. The van der Waals surface area contributed by atoms with Crippen molar-refractivity contribution in [3.8, 4) is 22.6 Å². The molecule has 39 heavy (non-hydrogen) atoms. The number of nitrogens with two attached hydrogens (primary N) is 1. The van der Waals surface area contributed by atoms with Crippen LogP contribution in [-0.2, 0) is 0 Å². The Hall–Kier alpha value is -4.05. The number of halogens is 1. The average Bonchev–Trinajstić information content (AvgIpc) is 3.06. The average molecular weight is 530 g/mol. The zero-order valence-electron chi connectivity index (χ0n) is 22.5. The molecular weight excluding hydrogens is 497 g/mol. The van der Waals surface area contributed by atoms with Gasteiger partial charge in [-0.05, 0) is 41.7 Å². The van der Waals surface area contributed by atoms with Crippen molar-refractivity contribution in [2.24, 2.45) is 0 Å². The van der Waals surface area contributed by atoms with Crippen LogP contribution in [0.15, 0.2) is 41.5 Å². The minimum absolute atomic E-state index is 0.00316. The number of rotatable bonds is 4. The quantitative estimate of drug-likeness (QED) is 0.382. The number of ether oxygens (including phenoxy) is 1. The van der Waals surface area contributed by atoms with Gasteiger partial charge < -0.3 is 20.7 Å². The maximum absolute atomic E-state index is 15.2. The van der Waals surface area contributed by atoms with E-state index in [1.54, 1.807) is 29.1 Å². The van der Waals surface area contributed by atoms with Crippen LogP contribution in [0.4, 0.5) is 15.9 Å². The normalized spacial score (nSPS) is 16.9. The summed E-state index contributed by atoms with van der Waals surface area (Å²) in [6.45, 7) is 10.7. The number of hydrogen-bond acceptors (Lipinski definition) is 8. The third kappa shape index (κ3) is 4.10. The lowest BCUT2D eigenvalue weighted by atomic mass is 9.99. The Morgan fingerprint density at radius 3 is 2.56 bits per heavy atom. The van der Waals surface area contributed by atoms with E-state index in [9.17, 15) is 4.79 Å². The second-order valence-electron chi connectivity index (χ2n) is 10.8. The van der Waals surface area contributed by atoms with E-state index < -0.39 is 11.5 Å². The fraction of sp³-hybridized carbons (Fsp3) is 0.379. The van der Waals surface area contributed by atoms with Gasteiger partial charge in [-0.2, -0.15) is 4.98 Å². The summed E-state index contributed by atoms with van der Waals surface area (Å²) in [4.78, 5) is 30.1. The molecule has 2 aliphatic rings. The summed E-state index contributed by atoms with van der Waals surface area (Å²) in [7, 11) is 0. The first-order valence-corrected chi connectivity index (χ1v) is 13.4. The van der Waals surface area contributed by atoms with Gasteiger partial charge in [-0.3, -0.25) is 4.57 Å². The number of hydrogen-bond donors (Lipinski definition) is 2. The van der Waals surface area contributed by atoms with Gasteiger partial charge in [0, 0.05) is 30.9 Å². The van der Waals surface area contributed by atoms with Gasteiger partial charge in [0.25, 0.3) is 0 Å². The van der Waals surface area contributed by atoms with Crippen molar-refractivity contribution >= 4 is 22.4 Å². The van der Waals surface area contributed by atoms with Crippen LogP contribution in [0, 0.1) is 5.82 Å². The molecular formula is C29H32FN7O2. The van der Waals surface area contributed by atoms with E-state index in [0.29, 0.717) is 59.1 Å². The van der Waals surface area contributed by atoms with Crippen LogP contribution >= 0.6 is 0 Å². The predicted molar refractivity (Wildman–Crippen MR) is 150 cm³/mol. The van der Waals surface area contributed by atoms with Gasteiger partial charge in [0.05, 0.1) is 34.0 Å². The Morgan fingerprint density at radius 1 is 1.13 bits per heavy atom. The summed E-state index contributed by atoms with van der Waals surface area (Å²) in [6, 6.07) is 8.23. The Labute approximate surface area is 225 Å². The van der Waals surface area contributed by atoms with Gasteiger partial charge in [-0.15, -0.1) is 0 Å². The van der Waals surface area contributed by atoms with Crippen LogP contribution in [0.1, 0.15) is 50.9 Å². The molecule has 3 N–H and O–H groups in total. The fourth-order valence-electron chi connectivity index (χ4n) is 5.68. The minimum atomic E-state index is -0.450. The molecule has 4 heterocycles. The van der Waals surface area contributed by atoms with Crippen LogP contribution in [0.5, 0.6) is 5.75 Å². The Bertz CT molecular complexity index is 1600. The molecule has 4 aromatic rings. The summed E-state index contributed by atoms with van der Waals surface area (Å²) < 4.78 is 23.2. The predicted octanol–water partition coefficient (Wildman–Crippen LogP) is 3.98. The van der Waals surface area contributed by atoms with Gasteiger partial charge in [-0.25, -0.2) is 19.2 Å². The Kier molecular flexibility index (Phi) is 6.22. The van der Waals surface area contributed by atoms with Crippen molar-refractivity contribution in [1.29, 1.82) is 0 Å². The second kappa shape index (κ2) is 9.60. The van der Waals surface area contributed by atoms with Gasteiger partial charge in [0.1, 0.15) is 30.3 Å². The zero-order valence-corrected chi connectivity index (χ0v) is 22.5.